The van der Waals surface area contributed by atoms with Gasteiger partial charge in [0.05, 0.1) is 6.26 Å². The summed E-state index contributed by atoms with van der Waals surface area (Å²) >= 11 is 0. The second-order valence-electron chi connectivity index (χ2n) is 4.78. The van der Waals surface area contributed by atoms with Crippen molar-refractivity contribution >= 4 is 5.69 Å². The maximum Gasteiger partial charge on any atom is 0.105 e. The number of hydrogen-bond acceptors (Lipinski definition) is 2. The molecule has 1 atom stereocenters. The number of aryl methyl sites for hydroxylation is 1. The molecule has 0 aliphatic carbocycles. The SMILES string of the molecule is CCCc1ccc(NC(C)Cc2ccco2)cc1. The van der Waals surface area contributed by atoms with Crippen LogP contribution in [-0.2, 0) is 12.8 Å². The predicted molar refractivity (Wildman–Crippen MR) is 75.9 cm³/mol. The van der Waals surface area contributed by atoms with E-state index >= 15 is 0 Å². The molecule has 96 valence electrons. The first-order valence-electron chi connectivity index (χ1n) is 6.66. The summed E-state index contributed by atoms with van der Waals surface area (Å²) < 4.78 is 5.35. The summed E-state index contributed by atoms with van der Waals surface area (Å²) in [6.45, 7) is 4.38. The van der Waals surface area contributed by atoms with Gasteiger partial charge < -0.3 is 9.73 Å². The predicted octanol–water partition coefficient (Wildman–Crippen LogP) is 4.28. The van der Waals surface area contributed by atoms with E-state index in [1.807, 2.05) is 12.1 Å². The molecule has 0 spiro atoms. The quantitative estimate of drug-likeness (QED) is 0.819. The fraction of sp³-hybridized carbons (Fsp3) is 0.375. The van der Waals surface area contributed by atoms with Crippen LogP contribution in [0.4, 0.5) is 5.69 Å². The minimum Gasteiger partial charge on any atom is -0.469 e. The molecule has 2 rings (SSSR count). The van der Waals surface area contributed by atoms with Crippen molar-refractivity contribution < 1.29 is 4.42 Å². The molecule has 18 heavy (non-hydrogen) atoms. The smallest absolute Gasteiger partial charge is 0.105 e. The second kappa shape index (κ2) is 6.29. The minimum absolute atomic E-state index is 0.369. The van der Waals surface area contributed by atoms with E-state index in [0.717, 1.165) is 18.6 Å². The maximum atomic E-state index is 5.35. The van der Waals surface area contributed by atoms with Gasteiger partial charge >= 0.3 is 0 Å². The van der Waals surface area contributed by atoms with E-state index in [9.17, 15) is 0 Å². The molecule has 1 aromatic heterocycles. The molecule has 0 fully saturated rings. The van der Waals surface area contributed by atoms with Gasteiger partial charge in [-0.15, -0.1) is 0 Å². The van der Waals surface area contributed by atoms with E-state index in [1.54, 1.807) is 6.26 Å². The van der Waals surface area contributed by atoms with Crippen molar-refractivity contribution in [2.75, 3.05) is 5.32 Å². The average Bonchev–Trinajstić information content (AvgIpc) is 2.84. The van der Waals surface area contributed by atoms with E-state index in [1.165, 1.54) is 17.7 Å². The van der Waals surface area contributed by atoms with Gasteiger partial charge in [0.2, 0.25) is 0 Å². The molecular formula is C16H21NO. The Kier molecular flexibility index (Phi) is 4.46. The van der Waals surface area contributed by atoms with Crippen molar-refractivity contribution in [1.29, 1.82) is 0 Å². The summed E-state index contributed by atoms with van der Waals surface area (Å²) in [7, 11) is 0. The average molecular weight is 243 g/mol. The zero-order valence-electron chi connectivity index (χ0n) is 11.1. The first-order valence-corrected chi connectivity index (χ1v) is 6.66. The fourth-order valence-electron chi connectivity index (χ4n) is 2.12. The van der Waals surface area contributed by atoms with Crippen LogP contribution in [0.3, 0.4) is 0 Å². The van der Waals surface area contributed by atoms with Crippen LogP contribution in [0.5, 0.6) is 0 Å². The zero-order chi connectivity index (χ0) is 12.8. The molecule has 1 N–H and O–H groups in total. The van der Waals surface area contributed by atoms with Crippen LogP contribution in [0.15, 0.2) is 47.1 Å². The van der Waals surface area contributed by atoms with Gasteiger partial charge in [-0.25, -0.2) is 0 Å². The normalized spacial score (nSPS) is 12.3. The van der Waals surface area contributed by atoms with Gasteiger partial charge in [-0.2, -0.15) is 0 Å². The topological polar surface area (TPSA) is 25.2 Å². The molecule has 2 nitrogen and oxygen atoms in total. The third-order valence-electron chi connectivity index (χ3n) is 2.99. The Morgan fingerprint density at radius 1 is 1.17 bits per heavy atom. The number of nitrogens with one attached hydrogen (secondary N) is 1. The standard InChI is InChI=1S/C16H21NO/c1-3-5-14-7-9-15(10-8-14)17-13(2)12-16-6-4-11-18-16/h4,6-11,13,17H,3,5,12H2,1-2H3. The van der Waals surface area contributed by atoms with Crippen LogP contribution in [0.2, 0.25) is 0 Å². The second-order valence-corrected chi connectivity index (χ2v) is 4.78. The molecule has 1 unspecified atom stereocenters. The molecule has 2 heteroatoms. The first-order chi connectivity index (χ1) is 8.78. The lowest BCUT2D eigenvalue weighted by Crippen LogP contribution is -2.17. The molecule has 1 heterocycles. The molecule has 0 saturated heterocycles. The van der Waals surface area contributed by atoms with Gasteiger partial charge in [0.15, 0.2) is 0 Å². The van der Waals surface area contributed by atoms with Crippen molar-refractivity contribution in [3.8, 4) is 0 Å². The van der Waals surface area contributed by atoms with Crippen LogP contribution in [0.25, 0.3) is 0 Å². The highest BCUT2D eigenvalue weighted by atomic mass is 16.3. The molecule has 0 aliphatic rings. The summed E-state index contributed by atoms with van der Waals surface area (Å²) in [5, 5.41) is 3.49. The third kappa shape index (κ3) is 3.66. The zero-order valence-corrected chi connectivity index (χ0v) is 11.1. The Morgan fingerprint density at radius 3 is 2.56 bits per heavy atom. The van der Waals surface area contributed by atoms with Crippen LogP contribution < -0.4 is 5.32 Å². The Balaban J connectivity index is 1.88. The van der Waals surface area contributed by atoms with E-state index in [0.29, 0.717) is 6.04 Å². The minimum atomic E-state index is 0.369. The summed E-state index contributed by atoms with van der Waals surface area (Å²) in [5.41, 5.74) is 2.58. The molecule has 0 radical (unpaired) electrons. The summed E-state index contributed by atoms with van der Waals surface area (Å²) in [4.78, 5) is 0. The highest BCUT2D eigenvalue weighted by Crippen LogP contribution is 2.14. The largest absolute Gasteiger partial charge is 0.469 e. The monoisotopic (exact) mass is 243 g/mol. The number of hydrogen-bond donors (Lipinski definition) is 1. The van der Waals surface area contributed by atoms with Gasteiger partial charge in [-0.1, -0.05) is 25.5 Å². The molecule has 2 aromatic rings. The van der Waals surface area contributed by atoms with E-state index in [-0.39, 0.29) is 0 Å². The van der Waals surface area contributed by atoms with Crippen LogP contribution in [-0.4, -0.2) is 6.04 Å². The van der Waals surface area contributed by atoms with Gasteiger partial charge in [0.1, 0.15) is 5.76 Å². The lowest BCUT2D eigenvalue weighted by Gasteiger charge is -2.14. The number of anilines is 1. The van der Waals surface area contributed by atoms with Crippen molar-refractivity contribution in [3.05, 3.63) is 54.0 Å². The van der Waals surface area contributed by atoms with E-state index in [2.05, 4.69) is 43.4 Å². The van der Waals surface area contributed by atoms with Crippen molar-refractivity contribution in [3.63, 3.8) is 0 Å². The van der Waals surface area contributed by atoms with Crippen molar-refractivity contribution in [1.82, 2.24) is 0 Å². The molecule has 0 aliphatic heterocycles. The van der Waals surface area contributed by atoms with Gasteiger partial charge in [-0.3, -0.25) is 0 Å². The van der Waals surface area contributed by atoms with Crippen LogP contribution >= 0.6 is 0 Å². The van der Waals surface area contributed by atoms with E-state index in [4.69, 9.17) is 4.42 Å². The van der Waals surface area contributed by atoms with Crippen molar-refractivity contribution in [2.45, 2.75) is 39.2 Å². The Morgan fingerprint density at radius 2 is 1.94 bits per heavy atom. The Labute approximate surface area is 109 Å². The third-order valence-corrected chi connectivity index (χ3v) is 2.99. The number of furan rings is 1. The number of rotatable bonds is 6. The molecule has 0 bridgehead atoms. The lowest BCUT2D eigenvalue weighted by molar-refractivity contribution is 0.498. The van der Waals surface area contributed by atoms with Gasteiger partial charge in [0.25, 0.3) is 0 Å². The highest BCUT2D eigenvalue weighted by molar-refractivity contribution is 5.45. The highest BCUT2D eigenvalue weighted by Gasteiger charge is 2.05. The fourth-order valence-corrected chi connectivity index (χ4v) is 2.12. The molecular weight excluding hydrogens is 222 g/mol. The summed E-state index contributed by atoms with van der Waals surface area (Å²) in [5.74, 6) is 1.03. The van der Waals surface area contributed by atoms with Gasteiger partial charge in [0, 0.05) is 18.2 Å². The van der Waals surface area contributed by atoms with Crippen molar-refractivity contribution in [2.24, 2.45) is 0 Å². The summed E-state index contributed by atoms with van der Waals surface area (Å²) in [6, 6.07) is 13.0. The van der Waals surface area contributed by atoms with E-state index < -0.39 is 0 Å². The Bertz CT molecular complexity index is 444. The Hall–Kier alpha value is -1.70. The lowest BCUT2D eigenvalue weighted by atomic mass is 10.1. The van der Waals surface area contributed by atoms with Crippen LogP contribution in [0, 0.1) is 0 Å². The summed E-state index contributed by atoms with van der Waals surface area (Å²) in [6.07, 6.45) is 4.98. The molecule has 1 aromatic carbocycles. The molecule has 0 amide bonds. The molecule has 0 saturated carbocycles. The van der Waals surface area contributed by atoms with Crippen LogP contribution in [0.1, 0.15) is 31.6 Å². The van der Waals surface area contributed by atoms with Gasteiger partial charge in [-0.05, 0) is 43.2 Å². The number of benzene rings is 1. The first kappa shape index (κ1) is 12.7. The maximum absolute atomic E-state index is 5.35.